The lowest BCUT2D eigenvalue weighted by Gasteiger charge is -2.39. The largest absolute Gasteiger partial charge is 0.497 e. The summed E-state index contributed by atoms with van der Waals surface area (Å²) in [5.41, 5.74) is 2.42. The van der Waals surface area contributed by atoms with Crippen molar-refractivity contribution in [2.45, 2.75) is 19.0 Å². The number of hydrogen-bond acceptors (Lipinski definition) is 6. The van der Waals surface area contributed by atoms with E-state index in [1.54, 1.807) is 26.5 Å². The number of para-hydroxylation sites is 2. The molecule has 180 valence electrons. The normalized spacial score (nSPS) is 15.3. The Kier molecular flexibility index (Phi) is 6.93. The number of aryl methyl sites for hydroxylation is 1. The maximum Gasteiger partial charge on any atom is 0.325 e. The number of aromatic nitrogens is 1. The van der Waals surface area contributed by atoms with Crippen LogP contribution >= 0.6 is 0 Å². The molecule has 4 rings (SSSR count). The zero-order valence-electron chi connectivity index (χ0n) is 19.3. The van der Waals surface area contributed by atoms with E-state index in [0.29, 0.717) is 37.5 Å². The first kappa shape index (κ1) is 23.4. The van der Waals surface area contributed by atoms with E-state index < -0.39 is 18.0 Å². The molecule has 2 N–H and O–H groups in total. The van der Waals surface area contributed by atoms with Crippen molar-refractivity contribution in [3.63, 3.8) is 0 Å². The first-order chi connectivity index (χ1) is 16.4. The third kappa shape index (κ3) is 4.65. The second-order valence-electron chi connectivity index (χ2n) is 8.24. The molecule has 0 bridgehead atoms. The number of rotatable bonds is 9. The number of methoxy groups -OCH3 is 2. The fourth-order valence-electron chi connectivity index (χ4n) is 4.65. The van der Waals surface area contributed by atoms with Gasteiger partial charge in [-0.3, -0.25) is 14.5 Å². The quantitative estimate of drug-likeness (QED) is 0.495. The van der Waals surface area contributed by atoms with Gasteiger partial charge in [-0.25, -0.2) is 0 Å². The Morgan fingerprint density at radius 3 is 2.38 bits per heavy atom. The van der Waals surface area contributed by atoms with Gasteiger partial charge in [0.05, 0.1) is 26.3 Å². The summed E-state index contributed by atoms with van der Waals surface area (Å²) in [6.45, 7) is 2.68. The van der Waals surface area contributed by atoms with Gasteiger partial charge in [0.25, 0.3) is 0 Å². The molecule has 1 atom stereocenters. The SMILES string of the molecule is COc1ccc2c(c1)c([C@@H](C(=O)O)N1CCN(c3ccccc3OC)CC1)cn2CCC(=O)O. The van der Waals surface area contributed by atoms with Crippen LogP contribution in [0.25, 0.3) is 10.9 Å². The highest BCUT2D eigenvalue weighted by molar-refractivity contribution is 5.90. The van der Waals surface area contributed by atoms with Gasteiger partial charge in [-0.1, -0.05) is 12.1 Å². The van der Waals surface area contributed by atoms with E-state index in [-0.39, 0.29) is 13.0 Å². The van der Waals surface area contributed by atoms with Crippen LogP contribution in [-0.4, -0.2) is 72.0 Å². The van der Waals surface area contributed by atoms with Gasteiger partial charge >= 0.3 is 11.9 Å². The lowest BCUT2D eigenvalue weighted by Crippen LogP contribution is -2.49. The van der Waals surface area contributed by atoms with Crippen molar-refractivity contribution < 1.29 is 29.3 Å². The molecule has 34 heavy (non-hydrogen) atoms. The standard InChI is InChI=1S/C25H29N3O6/c1-33-17-7-8-20-18(15-17)19(16-28(20)10-9-23(29)30)24(25(31)32)27-13-11-26(12-14-27)21-5-3-4-6-22(21)34-2/h3-8,15-16,24H,9-14H2,1-2H3,(H,29,30)(H,31,32)/t24-/m0/s1. The summed E-state index contributed by atoms with van der Waals surface area (Å²) in [5, 5.41) is 20.1. The Bertz CT molecular complexity index is 1180. The van der Waals surface area contributed by atoms with Crippen LogP contribution < -0.4 is 14.4 Å². The first-order valence-corrected chi connectivity index (χ1v) is 11.2. The fraction of sp³-hybridized carbons (Fsp3) is 0.360. The van der Waals surface area contributed by atoms with Crippen LogP contribution in [0.4, 0.5) is 5.69 Å². The van der Waals surface area contributed by atoms with Gasteiger partial charge in [-0.15, -0.1) is 0 Å². The monoisotopic (exact) mass is 467 g/mol. The smallest absolute Gasteiger partial charge is 0.325 e. The minimum atomic E-state index is -0.939. The minimum Gasteiger partial charge on any atom is -0.497 e. The van der Waals surface area contributed by atoms with E-state index in [1.807, 2.05) is 45.9 Å². The van der Waals surface area contributed by atoms with Crippen molar-refractivity contribution in [2.24, 2.45) is 0 Å². The van der Waals surface area contributed by atoms with Crippen LogP contribution in [0, 0.1) is 0 Å². The summed E-state index contributed by atoms with van der Waals surface area (Å²) in [6.07, 6.45) is 1.73. The van der Waals surface area contributed by atoms with Crippen LogP contribution in [0.3, 0.4) is 0 Å². The molecule has 1 aliphatic rings. The highest BCUT2D eigenvalue weighted by Gasteiger charge is 2.33. The molecule has 0 unspecified atom stereocenters. The van der Waals surface area contributed by atoms with Crippen molar-refractivity contribution in [3.8, 4) is 11.5 Å². The number of hydrogen-bond donors (Lipinski definition) is 2. The van der Waals surface area contributed by atoms with Gasteiger partial charge in [-0.05, 0) is 30.3 Å². The van der Waals surface area contributed by atoms with Gasteiger partial charge in [0.1, 0.15) is 17.5 Å². The van der Waals surface area contributed by atoms with Crippen molar-refractivity contribution in [1.82, 2.24) is 9.47 Å². The van der Waals surface area contributed by atoms with Gasteiger partial charge in [0.15, 0.2) is 0 Å². The zero-order chi connectivity index (χ0) is 24.2. The van der Waals surface area contributed by atoms with Gasteiger partial charge < -0.3 is 29.2 Å². The van der Waals surface area contributed by atoms with E-state index in [2.05, 4.69) is 4.90 Å². The summed E-state index contributed by atoms with van der Waals surface area (Å²) >= 11 is 0. The van der Waals surface area contributed by atoms with Crippen LogP contribution in [0.2, 0.25) is 0 Å². The van der Waals surface area contributed by atoms with Crippen molar-refractivity contribution in [2.75, 3.05) is 45.3 Å². The number of nitrogens with zero attached hydrogens (tertiary/aromatic N) is 3. The van der Waals surface area contributed by atoms with Crippen LogP contribution in [-0.2, 0) is 16.1 Å². The molecule has 1 saturated heterocycles. The zero-order valence-corrected chi connectivity index (χ0v) is 19.3. The molecule has 1 aromatic heterocycles. The van der Waals surface area contributed by atoms with E-state index >= 15 is 0 Å². The lowest BCUT2D eigenvalue weighted by atomic mass is 10.0. The van der Waals surface area contributed by atoms with E-state index in [1.165, 1.54) is 0 Å². The molecular weight excluding hydrogens is 438 g/mol. The van der Waals surface area contributed by atoms with Crippen molar-refractivity contribution in [3.05, 3.63) is 54.2 Å². The number of piperazine rings is 1. The average Bonchev–Trinajstić information content (AvgIpc) is 3.20. The Balaban J connectivity index is 1.64. The third-order valence-corrected chi connectivity index (χ3v) is 6.32. The number of anilines is 1. The van der Waals surface area contributed by atoms with Crippen molar-refractivity contribution >= 4 is 28.5 Å². The second-order valence-corrected chi connectivity index (χ2v) is 8.24. The Morgan fingerprint density at radius 1 is 1.00 bits per heavy atom. The summed E-state index contributed by atoms with van der Waals surface area (Å²) in [5.74, 6) is -0.431. The fourth-order valence-corrected chi connectivity index (χ4v) is 4.65. The minimum absolute atomic E-state index is 0.0510. The number of ether oxygens (including phenoxy) is 2. The molecule has 0 amide bonds. The molecule has 0 spiro atoms. The molecule has 1 aliphatic heterocycles. The number of carboxylic acid groups (broad SMARTS) is 2. The van der Waals surface area contributed by atoms with Crippen LogP contribution in [0.5, 0.6) is 11.5 Å². The number of aliphatic carboxylic acids is 2. The number of carboxylic acids is 2. The highest BCUT2D eigenvalue weighted by atomic mass is 16.5. The topological polar surface area (TPSA) is 104 Å². The van der Waals surface area contributed by atoms with E-state index in [9.17, 15) is 14.7 Å². The summed E-state index contributed by atoms with van der Waals surface area (Å²) in [6, 6.07) is 12.4. The maximum absolute atomic E-state index is 12.5. The van der Waals surface area contributed by atoms with Gasteiger partial charge in [0.2, 0.25) is 0 Å². The first-order valence-electron chi connectivity index (χ1n) is 11.2. The van der Waals surface area contributed by atoms with Crippen molar-refractivity contribution in [1.29, 1.82) is 0 Å². The summed E-state index contributed by atoms with van der Waals surface area (Å²) in [4.78, 5) is 27.8. The molecule has 9 heteroatoms. The van der Waals surface area contributed by atoms with Gasteiger partial charge in [0, 0.05) is 55.4 Å². The lowest BCUT2D eigenvalue weighted by molar-refractivity contribution is -0.143. The van der Waals surface area contributed by atoms with Crippen LogP contribution in [0.15, 0.2) is 48.7 Å². The predicted octanol–water partition coefficient (Wildman–Crippen LogP) is 3.08. The molecule has 2 heterocycles. The Hall–Kier alpha value is -3.72. The molecular formula is C25H29N3O6. The third-order valence-electron chi connectivity index (χ3n) is 6.32. The van der Waals surface area contributed by atoms with E-state index in [0.717, 1.165) is 22.3 Å². The average molecular weight is 468 g/mol. The van der Waals surface area contributed by atoms with E-state index in [4.69, 9.17) is 14.6 Å². The number of fused-ring (bicyclic) bond motifs is 1. The summed E-state index contributed by atoms with van der Waals surface area (Å²) < 4.78 is 12.7. The molecule has 3 aromatic rings. The molecule has 0 saturated carbocycles. The Morgan fingerprint density at radius 2 is 1.74 bits per heavy atom. The maximum atomic E-state index is 12.5. The molecule has 0 radical (unpaired) electrons. The molecule has 0 aliphatic carbocycles. The number of carbonyl (C=O) groups is 2. The summed E-state index contributed by atoms with van der Waals surface area (Å²) in [7, 11) is 3.21. The highest BCUT2D eigenvalue weighted by Crippen LogP contribution is 2.35. The van der Waals surface area contributed by atoms with Crippen LogP contribution in [0.1, 0.15) is 18.0 Å². The predicted molar refractivity (Wildman–Crippen MR) is 128 cm³/mol. The Labute approximate surface area is 197 Å². The van der Waals surface area contributed by atoms with Gasteiger partial charge in [-0.2, -0.15) is 0 Å². The molecule has 9 nitrogen and oxygen atoms in total. The second kappa shape index (κ2) is 10.0. The number of benzene rings is 2. The molecule has 2 aromatic carbocycles. The molecule has 1 fully saturated rings.